The number of aliphatic hydroxyl groups is 1. The van der Waals surface area contributed by atoms with Gasteiger partial charge in [0.15, 0.2) is 0 Å². The largest absolute Gasteiger partial charge is 0.516 e. The van der Waals surface area contributed by atoms with Crippen LogP contribution < -0.4 is 5.32 Å². The Morgan fingerprint density at radius 2 is 1.83 bits per heavy atom. The summed E-state index contributed by atoms with van der Waals surface area (Å²) < 4.78 is 41.0. The summed E-state index contributed by atoms with van der Waals surface area (Å²) in [5.74, 6) is -1.24. The molecule has 5 nitrogen and oxygen atoms in total. The van der Waals surface area contributed by atoms with E-state index in [4.69, 9.17) is 5.11 Å². The molecule has 1 heterocycles. The number of aliphatic hydroxyl groups excluding tert-OH is 1. The van der Waals surface area contributed by atoms with Gasteiger partial charge < -0.3 is 10.2 Å². The number of rotatable bonds is 8. The zero-order valence-corrected chi connectivity index (χ0v) is 19.2. The summed E-state index contributed by atoms with van der Waals surface area (Å²) in [6.07, 6.45) is 3.54. The molecular formula is C27H25F3N2O3. The number of alkyl halides is 3. The molecular weight excluding hydrogens is 457 g/mol. The van der Waals surface area contributed by atoms with Crippen molar-refractivity contribution in [2.75, 3.05) is 0 Å². The number of aromatic nitrogens is 1. The van der Waals surface area contributed by atoms with Crippen LogP contribution in [-0.2, 0) is 17.5 Å². The Balaban J connectivity index is 1.96. The summed E-state index contributed by atoms with van der Waals surface area (Å²) in [4.78, 5) is 15.6. The van der Waals surface area contributed by atoms with E-state index in [1.807, 2.05) is 37.3 Å². The van der Waals surface area contributed by atoms with Crippen molar-refractivity contribution in [3.8, 4) is 11.1 Å². The Bertz CT molecular complexity index is 1250. The van der Waals surface area contributed by atoms with Crippen molar-refractivity contribution >= 4 is 18.1 Å². The number of pyridine rings is 1. The first-order valence-electron chi connectivity index (χ1n) is 10.7. The molecule has 3 N–H and O–H groups in total. The van der Waals surface area contributed by atoms with Gasteiger partial charge in [-0.05, 0) is 65.9 Å². The lowest BCUT2D eigenvalue weighted by molar-refractivity contribution is -0.142. The lowest BCUT2D eigenvalue weighted by atomic mass is 9.96. The van der Waals surface area contributed by atoms with Gasteiger partial charge in [-0.15, -0.1) is 0 Å². The Morgan fingerprint density at radius 3 is 2.46 bits per heavy atom. The zero-order valence-electron chi connectivity index (χ0n) is 19.2. The molecule has 0 amide bonds. The minimum absolute atomic E-state index is 0.0262. The van der Waals surface area contributed by atoms with Gasteiger partial charge in [-0.3, -0.25) is 10.3 Å². The van der Waals surface area contributed by atoms with Crippen molar-refractivity contribution in [2.24, 2.45) is 0 Å². The molecule has 35 heavy (non-hydrogen) atoms. The van der Waals surface area contributed by atoms with Gasteiger partial charge in [0, 0.05) is 24.5 Å². The molecule has 1 aromatic heterocycles. The second-order valence-corrected chi connectivity index (χ2v) is 8.19. The van der Waals surface area contributed by atoms with E-state index in [2.05, 4.69) is 10.3 Å². The van der Waals surface area contributed by atoms with Gasteiger partial charge in [-0.1, -0.05) is 42.5 Å². The van der Waals surface area contributed by atoms with Crippen LogP contribution in [0.25, 0.3) is 23.3 Å². The maximum Gasteiger partial charge on any atom is 0.416 e. The van der Waals surface area contributed by atoms with Gasteiger partial charge in [0.05, 0.1) is 11.8 Å². The number of carboxylic acids is 1. The van der Waals surface area contributed by atoms with Crippen molar-refractivity contribution in [1.29, 1.82) is 0 Å². The number of nitrogens with one attached hydrogen (secondary N) is 1. The molecule has 0 aliphatic carbocycles. The Hall–Kier alpha value is -3.91. The van der Waals surface area contributed by atoms with Crippen LogP contribution in [0.5, 0.6) is 0 Å². The van der Waals surface area contributed by atoms with Gasteiger partial charge in [0.25, 0.3) is 0 Å². The molecule has 3 aromatic rings. The molecule has 1 atom stereocenters. The van der Waals surface area contributed by atoms with Crippen molar-refractivity contribution in [3.63, 3.8) is 0 Å². The number of hydrogen-bond donors (Lipinski definition) is 3. The van der Waals surface area contributed by atoms with Crippen LogP contribution >= 0.6 is 0 Å². The molecule has 1 unspecified atom stereocenters. The van der Waals surface area contributed by atoms with E-state index >= 15 is 0 Å². The molecule has 0 saturated carbocycles. The van der Waals surface area contributed by atoms with E-state index in [9.17, 15) is 23.1 Å². The fourth-order valence-electron chi connectivity index (χ4n) is 3.61. The number of halogens is 3. The highest BCUT2D eigenvalue weighted by Crippen LogP contribution is 2.34. The Morgan fingerprint density at radius 1 is 1.09 bits per heavy atom. The third kappa shape index (κ3) is 6.16. The van der Waals surface area contributed by atoms with Crippen LogP contribution in [0.2, 0.25) is 0 Å². The van der Waals surface area contributed by atoms with Crippen molar-refractivity contribution in [3.05, 3.63) is 101 Å². The maximum atomic E-state index is 13.7. The van der Waals surface area contributed by atoms with Gasteiger partial charge in [-0.25, -0.2) is 4.79 Å². The summed E-state index contributed by atoms with van der Waals surface area (Å²) in [5.41, 5.74) is 1.52. The van der Waals surface area contributed by atoms with Crippen LogP contribution in [0.15, 0.2) is 73.3 Å². The van der Waals surface area contributed by atoms with Crippen molar-refractivity contribution in [2.45, 2.75) is 32.1 Å². The smallest absolute Gasteiger partial charge is 0.416 e. The van der Waals surface area contributed by atoms with Crippen LogP contribution in [0.4, 0.5) is 13.2 Å². The first-order valence-corrected chi connectivity index (χ1v) is 10.7. The van der Waals surface area contributed by atoms with Crippen molar-refractivity contribution < 1.29 is 28.2 Å². The summed E-state index contributed by atoms with van der Waals surface area (Å²) in [6, 6.07) is 13.0. The molecule has 0 fully saturated rings. The first kappa shape index (κ1) is 25.7. The monoisotopic (exact) mass is 482 g/mol. The van der Waals surface area contributed by atoms with Crippen LogP contribution in [-0.4, -0.2) is 26.7 Å². The quantitative estimate of drug-likeness (QED) is 0.261. The molecule has 2 aromatic carbocycles. The summed E-state index contributed by atoms with van der Waals surface area (Å²) in [7, 11) is 0. The van der Waals surface area contributed by atoms with E-state index in [0.717, 1.165) is 34.4 Å². The van der Waals surface area contributed by atoms with E-state index < -0.39 is 23.2 Å². The van der Waals surface area contributed by atoms with Crippen LogP contribution in [0.1, 0.15) is 34.7 Å². The third-order valence-electron chi connectivity index (χ3n) is 5.72. The number of carboxylic acid groups (broad SMARTS) is 1. The highest BCUT2D eigenvalue weighted by molar-refractivity contribution is 5.81. The van der Waals surface area contributed by atoms with Gasteiger partial charge in [-0.2, -0.15) is 13.2 Å². The Labute approximate surface area is 201 Å². The number of aliphatic carboxylic acids is 1. The van der Waals surface area contributed by atoms with E-state index in [1.54, 1.807) is 18.5 Å². The Kier molecular flexibility index (Phi) is 7.76. The lowest BCUT2D eigenvalue weighted by Gasteiger charge is -2.22. The summed E-state index contributed by atoms with van der Waals surface area (Å²) >= 11 is 0. The van der Waals surface area contributed by atoms with Gasteiger partial charge >= 0.3 is 12.1 Å². The predicted molar refractivity (Wildman–Crippen MR) is 129 cm³/mol. The molecule has 0 bridgehead atoms. The minimum atomic E-state index is -4.56. The molecule has 8 heteroatoms. The SMILES string of the molecule is Cc1c(/C=C/c2cc(CNC(C)(/C=C/O)C(=O)O)ccc2C(F)(F)F)cccc1-c1cccnc1. The second-order valence-electron chi connectivity index (χ2n) is 8.19. The number of benzene rings is 2. The third-order valence-corrected chi connectivity index (χ3v) is 5.72. The lowest BCUT2D eigenvalue weighted by Crippen LogP contribution is -2.47. The predicted octanol–water partition coefficient (Wildman–Crippen LogP) is 6.25. The molecule has 3 rings (SSSR count). The molecule has 0 spiro atoms. The minimum Gasteiger partial charge on any atom is -0.516 e. The normalized spacial score (nSPS) is 13.9. The average molecular weight is 483 g/mol. The topological polar surface area (TPSA) is 82.5 Å². The van der Waals surface area contributed by atoms with E-state index in [-0.39, 0.29) is 12.1 Å². The fraction of sp³-hybridized carbons (Fsp3) is 0.185. The van der Waals surface area contributed by atoms with Crippen LogP contribution in [0, 0.1) is 6.92 Å². The number of nitrogens with zero attached hydrogens (tertiary/aromatic N) is 1. The molecule has 0 radical (unpaired) electrons. The fourth-order valence-corrected chi connectivity index (χ4v) is 3.61. The second kappa shape index (κ2) is 10.6. The molecule has 0 saturated heterocycles. The van der Waals surface area contributed by atoms with E-state index in [0.29, 0.717) is 11.8 Å². The number of carbonyl (C=O) groups is 1. The van der Waals surface area contributed by atoms with Crippen LogP contribution in [0.3, 0.4) is 0 Å². The number of hydrogen-bond acceptors (Lipinski definition) is 4. The first-order chi connectivity index (χ1) is 16.5. The molecule has 182 valence electrons. The highest BCUT2D eigenvalue weighted by Gasteiger charge is 2.33. The van der Waals surface area contributed by atoms with Gasteiger partial charge in [0.2, 0.25) is 0 Å². The average Bonchev–Trinajstić information content (AvgIpc) is 2.82. The van der Waals surface area contributed by atoms with E-state index in [1.165, 1.54) is 25.1 Å². The highest BCUT2D eigenvalue weighted by atomic mass is 19.4. The standard InChI is InChI=1S/C27H25F3N2O3/c1-18-20(5-3-7-23(18)22-6-4-13-31-17-22)9-10-21-15-19(8-11-24(21)27(28,29)30)16-32-26(2,12-14-33)25(34)35/h3-15,17,32-33H,16H2,1-2H3,(H,34,35)/b10-9+,14-12+. The molecule has 0 aliphatic rings. The van der Waals surface area contributed by atoms with Crippen molar-refractivity contribution in [1.82, 2.24) is 10.3 Å². The zero-order chi connectivity index (χ0) is 25.6. The summed E-state index contributed by atoms with van der Waals surface area (Å²) in [5, 5.41) is 21.1. The molecule has 0 aliphatic heterocycles. The van der Waals surface area contributed by atoms with Gasteiger partial charge in [0.1, 0.15) is 5.54 Å². The maximum absolute atomic E-state index is 13.7. The summed E-state index contributed by atoms with van der Waals surface area (Å²) in [6.45, 7) is 3.21.